The van der Waals surface area contributed by atoms with Gasteiger partial charge in [0.1, 0.15) is 0 Å². The van der Waals surface area contributed by atoms with Gasteiger partial charge in [0.25, 0.3) is 35.4 Å². The van der Waals surface area contributed by atoms with Gasteiger partial charge in [0, 0.05) is 114 Å². The van der Waals surface area contributed by atoms with E-state index in [0.29, 0.717) is 72.3 Å². The summed E-state index contributed by atoms with van der Waals surface area (Å²) in [6.07, 6.45) is 0. The predicted octanol–water partition coefficient (Wildman–Crippen LogP) is 13.1. The number of nitrogens with two attached hydrogens (primary N) is 1. The number of rotatable bonds is 25. The van der Waals surface area contributed by atoms with E-state index in [1.807, 2.05) is 186 Å². The average Bonchev–Trinajstić information content (AvgIpc) is 3.49. The molecule has 0 aromatic heterocycles. The first kappa shape index (κ1) is 65.4. The molecule has 0 heterocycles. The summed E-state index contributed by atoms with van der Waals surface area (Å²) in [5, 5.41) is 0. The van der Waals surface area contributed by atoms with Crippen LogP contribution >= 0.6 is 0 Å². The van der Waals surface area contributed by atoms with Crippen molar-refractivity contribution in [3.05, 3.63) is 248 Å². The van der Waals surface area contributed by atoms with Gasteiger partial charge < -0.3 is 35.1 Å². The Morgan fingerprint density at radius 3 is 0.632 bits per heavy atom. The van der Waals surface area contributed by atoms with Gasteiger partial charge in [-0.3, -0.25) is 33.6 Å². The van der Waals surface area contributed by atoms with Crippen molar-refractivity contribution < 1.29 is 33.6 Å². The van der Waals surface area contributed by atoms with Crippen LogP contribution in [0.4, 0.5) is 0 Å². The van der Waals surface area contributed by atoms with Crippen LogP contribution in [0.5, 0.6) is 0 Å². The summed E-state index contributed by atoms with van der Waals surface area (Å²) >= 11 is 0. The first-order valence-electron chi connectivity index (χ1n) is 30.2. The number of benzene rings is 7. The summed E-state index contributed by atoms with van der Waals surface area (Å²) in [5.41, 5.74) is 12.7. The van der Waals surface area contributed by atoms with Gasteiger partial charge in [0.05, 0.1) is 0 Å². The topological polar surface area (TPSA) is 165 Å². The van der Waals surface area contributed by atoms with E-state index >= 15 is 14.4 Å². The Balaban J connectivity index is 1.12. The Hall–Kier alpha value is -9.17. The lowest BCUT2D eigenvalue weighted by Crippen LogP contribution is -2.41. The van der Waals surface area contributed by atoms with Crippen molar-refractivity contribution in [3.63, 3.8) is 0 Å². The molecule has 0 aliphatic carbocycles. The number of amides is 7. The summed E-state index contributed by atoms with van der Waals surface area (Å²) in [7, 11) is 0. The van der Waals surface area contributed by atoms with E-state index < -0.39 is 5.91 Å². The highest BCUT2D eigenvalue weighted by Crippen LogP contribution is 2.28. The zero-order valence-corrected chi connectivity index (χ0v) is 52.6. The van der Waals surface area contributed by atoms with Crippen molar-refractivity contribution in [3.8, 4) is 0 Å². The molecule has 0 aliphatic heterocycles. The van der Waals surface area contributed by atoms with E-state index in [1.54, 1.807) is 102 Å². The second kappa shape index (κ2) is 29.8. The molecule has 14 heteroatoms. The molecule has 7 rings (SSSR count). The van der Waals surface area contributed by atoms with E-state index in [1.165, 1.54) is 0 Å². The zero-order chi connectivity index (χ0) is 63.2. The Kier molecular flexibility index (Phi) is 22.4. The average molecular weight is 1170 g/mol. The minimum atomic E-state index is -0.577. The first-order chi connectivity index (χ1) is 41.5. The van der Waals surface area contributed by atoms with Crippen molar-refractivity contribution in [1.82, 2.24) is 29.4 Å². The lowest BCUT2D eigenvalue weighted by Gasteiger charge is -2.33. The van der Waals surface area contributed by atoms with Crippen LogP contribution in [0.1, 0.15) is 189 Å². The van der Waals surface area contributed by atoms with Crippen LogP contribution in [-0.2, 0) is 39.3 Å². The Morgan fingerprint density at radius 2 is 0.425 bits per heavy atom. The second-order valence-electron chi connectivity index (χ2n) is 23.8. The van der Waals surface area contributed by atoms with Gasteiger partial charge in [0.15, 0.2) is 0 Å². The van der Waals surface area contributed by atoms with Gasteiger partial charge in [0.2, 0.25) is 5.91 Å². The number of hydrogen-bond donors (Lipinski definition) is 1. The molecule has 454 valence electrons. The summed E-state index contributed by atoms with van der Waals surface area (Å²) < 4.78 is 0. The number of nitrogens with zero attached hydrogens (tertiary/aromatic N) is 6. The molecule has 0 spiro atoms. The quantitative estimate of drug-likeness (QED) is 0.0595. The summed E-state index contributed by atoms with van der Waals surface area (Å²) in [5.74, 6) is -1.98. The van der Waals surface area contributed by atoms with Crippen LogP contribution in [0.25, 0.3) is 0 Å². The maximum atomic E-state index is 15.2. The third-order valence-corrected chi connectivity index (χ3v) is 15.9. The van der Waals surface area contributed by atoms with Gasteiger partial charge in [-0.15, -0.1) is 0 Å². The molecule has 7 aromatic carbocycles. The normalized spacial score (nSPS) is 11.3. The standard InChI is InChI=1S/C73H85N7O7/c1-48(2)75(68(82)54-28-14-13-15-29-54)43-56-31-17-23-37-62(56)70(84)77(50(5)6)45-58-33-19-25-39-64(58)72(86)79(52(9)10)47-60-35-21-27-41-66(60)73(87)80(53(11)12)46-59-34-20-26-40-65(59)71(85)78(51(7)8)44-57-32-18-24-38-63(57)69(83)76(49(3)4)42-55-30-16-22-36-61(55)67(74)81/h13-41,48-53H,42-47H2,1-12H3,(H2,74,81). The van der Waals surface area contributed by atoms with Gasteiger partial charge in [-0.25, -0.2) is 0 Å². The highest BCUT2D eigenvalue weighted by atomic mass is 16.2. The second-order valence-corrected chi connectivity index (χ2v) is 23.8. The number of primary amides is 1. The summed E-state index contributed by atoms with van der Waals surface area (Å²) in [4.78, 5) is 111. The van der Waals surface area contributed by atoms with Crippen molar-refractivity contribution in [1.29, 1.82) is 0 Å². The van der Waals surface area contributed by atoms with Crippen LogP contribution in [0.15, 0.2) is 176 Å². The van der Waals surface area contributed by atoms with Crippen molar-refractivity contribution in [2.24, 2.45) is 5.73 Å². The molecule has 0 fully saturated rings. The molecule has 0 unspecified atom stereocenters. The summed E-state index contributed by atoms with van der Waals surface area (Å²) in [6.45, 7) is 24.1. The van der Waals surface area contributed by atoms with Gasteiger partial charge in [-0.2, -0.15) is 0 Å². The molecule has 0 aliphatic rings. The third-order valence-electron chi connectivity index (χ3n) is 15.9. The maximum Gasteiger partial charge on any atom is 0.254 e. The van der Waals surface area contributed by atoms with Crippen LogP contribution < -0.4 is 5.73 Å². The van der Waals surface area contributed by atoms with Gasteiger partial charge in [-0.1, -0.05) is 127 Å². The van der Waals surface area contributed by atoms with E-state index in [4.69, 9.17) is 5.73 Å². The Labute approximate surface area is 514 Å². The molecule has 7 aromatic rings. The maximum absolute atomic E-state index is 15.2. The van der Waals surface area contributed by atoms with Crippen molar-refractivity contribution in [2.45, 2.75) is 159 Å². The number of carbonyl (C=O) groups excluding carboxylic acids is 7. The van der Waals surface area contributed by atoms with Crippen LogP contribution in [0, 0.1) is 0 Å². The molecule has 0 bridgehead atoms. The molecular formula is C73H85N7O7. The monoisotopic (exact) mass is 1170 g/mol. The molecule has 87 heavy (non-hydrogen) atoms. The predicted molar refractivity (Wildman–Crippen MR) is 344 cm³/mol. The van der Waals surface area contributed by atoms with Gasteiger partial charge >= 0.3 is 0 Å². The molecule has 0 atom stereocenters. The van der Waals surface area contributed by atoms with E-state index in [0.717, 1.165) is 0 Å². The molecule has 7 amide bonds. The molecule has 0 radical (unpaired) electrons. The lowest BCUT2D eigenvalue weighted by atomic mass is 9.99. The minimum Gasteiger partial charge on any atom is -0.366 e. The lowest BCUT2D eigenvalue weighted by molar-refractivity contribution is 0.0642. The number of hydrogen-bond acceptors (Lipinski definition) is 7. The fourth-order valence-corrected chi connectivity index (χ4v) is 10.8. The highest BCUT2D eigenvalue weighted by molar-refractivity contribution is 6.01. The first-order valence-corrected chi connectivity index (χ1v) is 30.2. The van der Waals surface area contributed by atoms with Crippen molar-refractivity contribution >= 4 is 41.4 Å². The SMILES string of the molecule is CC(C)N(Cc1ccccc1C(=O)N(Cc1ccccc1C(=O)N(Cc1ccccc1C(=O)N(Cc1ccccc1C(=O)N(Cc1ccccc1C(=O)N(Cc1ccccc1C(N)=O)C(C)C)C(C)C)C(C)C)C(C)C)C(C)C)C(=O)c1ccccc1. The van der Waals surface area contributed by atoms with Crippen molar-refractivity contribution in [2.75, 3.05) is 0 Å². The smallest absolute Gasteiger partial charge is 0.254 e. The fourth-order valence-electron chi connectivity index (χ4n) is 10.8. The van der Waals surface area contributed by atoms with Gasteiger partial charge in [-0.05, 0) is 165 Å². The molecule has 0 saturated heterocycles. The molecular weight excluding hydrogens is 1090 g/mol. The molecule has 2 N–H and O–H groups in total. The Bertz CT molecular complexity index is 3570. The molecule has 14 nitrogen and oxygen atoms in total. The number of carbonyl (C=O) groups is 7. The van der Waals surface area contributed by atoms with Crippen LogP contribution in [0.3, 0.4) is 0 Å². The summed E-state index contributed by atoms with van der Waals surface area (Å²) in [6, 6.07) is 51.1. The largest absolute Gasteiger partial charge is 0.366 e. The van der Waals surface area contributed by atoms with E-state index in [2.05, 4.69) is 0 Å². The van der Waals surface area contributed by atoms with Crippen LogP contribution in [0.2, 0.25) is 0 Å². The highest BCUT2D eigenvalue weighted by Gasteiger charge is 2.32. The Morgan fingerprint density at radius 1 is 0.253 bits per heavy atom. The zero-order valence-electron chi connectivity index (χ0n) is 52.6. The fraction of sp³-hybridized carbons (Fsp3) is 0.329. The third kappa shape index (κ3) is 15.8. The van der Waals surface area contributed by atoms with E-state index in [9.17, 15) is 19.2 Å². The van der Waals surface area contributed by atoms with Crippen LogP contribution in [-0.4, -0.2) is 107 Å². The molecule has 0 saturated carbocycles. The minimum absolute atomic E-state index is 0.0986. The van der Waals surface area contributed by atoms with E-state index in [-0.39, 0.29) is 111 Å².